The maximum absolute atomic E-state index is 12.4. The molecule has 1 unspecified atom stereocenters. The summed E-state index contributed by atoms with van der Waals surface area (Å²) in [7, 11) is 0. The Hall–Kier alpha value is -1.79. The molecule has 0 aliphatic rings. The Morgan fingerprint density at radius 1 is 1.08 bits per heavy atom. The van der Waals surface area contributed by atoms with Crippen molar-refractivity contribution in [1.29, 1.82) is 0 Å². The lowest BCUT2D eigenvalue weighted by Gasteiger charge is -2.23. The van der Waals surface area contributed by atoms with Crippen LogP contribution in [0.15, 0.2) is 18.2 Å². The van der Waals surface area contributed by atoms with Crippen LogP contribution in [-0.2, 0) is 9.59 Å². The highest BCUT2D eigenvalue weighted by Gasteiger charge is 2.26. The van der Waals surface area contributed by atoms with Gasteiger partial charge in [-0.2, -0.15) is 0 Å². The van der Waals surface area contributed by atoms with Gasteiger partial charge < -0.3 is 5.32 Å². The zero-order valence-electron chi connectivity index (χ0n) is 15.6. The van der Waals surface area contributed by atoms with E-state index in [1.165, 1.54) is 12.1 Å². The summed E-state index contributed by atoms with van der Waals surface area (Å²) in [6.07, 6.45) is 0.256. The molecule has 144 valence electrons. The van der Waals surface area contributed by atoms with Gasteiger partial charge in [-0.05, 0) is 29.5 Å². The van der Waals surface area contributed by atoms with Crippen LogP contribution in [0, 0.1) is 11.3 Å². The van der Waals surface area contributed by atoms with E-state index in [1.807, 2.05) is 20.8 Å². The Morgan fingerprint density at radius 2 is 1.69 bits per heavy atom. The third kappa shape index (κ3) is 7.22. The lowest BCUT2D eigenvalue weighted by molar-refractivity contribution is -0.131. The van der Waals surface area contributed by atoms with Gasteiger partial charge in [0.1, 0.15) is 6.04 Å². The predicted octanol–water partition coefficient (Wildman–Crippen LogP) is 3.33. The van der Waals surface area contributed by atoms with E-state index >= 15 is 0 Å². The fourth-order valence-electron chi connectivity index (χ4n) is 2.16. The van der Waals surface area contributed by atoms with Gasteiger partial charge in [0.2, 0.25) is 5.91 Å². The van der Waals surface area contributed by atoms with Crippen molar-refractivity contribution in [3.63, 3.8) is 0 Å². The Kier molecular flexibility index (Phi) is 7.90. The highest BCUT2D eigenvalue weighted by molar-refractivity contribution is 6.36. The number of nitrogens with one attached hydrogen (secondary N) is 3. The van der Waals surface area contributed by atoms with Gasteiger partial charge in [-0.25, -0.2) is 0 Å². The Labute approximate surface area is 164 Å². The van der Waals surface area contributed by atoms with E-state index in [9.17, 15) is 14.4 Å². The summed E-state index contributed by atoms with van der Waals surface area (Å²) in [5, 5.41) is 3.23. The van der Waals surface area contributed by atoms with Gasteiger partial charge >= 0.3 is 0 Å². The molecule has 0 aromatic heterocycles. The van der Waals surface area contributed by atoms with E-state index in [2.05, 4.69) is 16.2 Å². The maximum Gasteiger partial charge on any atom is 0.261 e. The first-order valence-electron chi connectivity index (χ1n) is 8.25. The summed E-state index contributed by atoms with van der Waals surface area (Å²) in [6.45, 7) is 9.32. The topological polar surface area (TPSA) is 87.3 Å². The van der Waals surface area contributed by atoms with Gasteiger partial charge in [-0.3, -0.25) is 25.2 Å². The minimum atomic E-state index is -0.843. The largest absolute Gasteiger partial charge is 0.340 e. The summed E-state index contributed by atoms with van der Waals surface area (Å²) >= 11 is 11.9. The zero-order chi connectivity index (χ0) is 20.1. The van der Waals surface area contributed by atoms with Crippen molar-refractivity contribution in [3.8, 4) is 0 Å². The van der Waals surface area contributed by atoms with Crippen LogP contribution in [0.2, 0.25) is 10.0 Å². The second kappa shape index (κ2) is 9.24. The summed E-state index contributed by atoms with van der Waals surface area (Å²) in [5.74, 6) is -1.52. The van der Waals surface area contributed by atoms with E-state index in [1.54, 1.807) is 19.9 Å². The number of rotatable bonds is 5. The van der Waals surface area contributed by atoms with Gasteiger partial charge in [-0.1, -0.05) is 57.8 Å². The number of hydrogen-bond acceptors (Lipinski definition) is 3. The molecule has 1 aromatic carbocycles. The molecule has 1 aromatic rings. The van der Waals surface area contributed by atoms with Crippen LogP contribution in [-0.4, -0.2) is 23.8 Å². The molecule has 0 radical (unpaired) electrons. The standard InChI is InChI=1S/C18H25Cl2N3O3/c1-10(2)15(17(26)23-22-14(24)9-18(3,4)5)21-16(25)12-7-6-11(19)8-13(12)20/h6-8,10,15H,9H2,1-5H3,(H,21,25)(H,22,24)(H,23,26). The van der Waals surface area contributed by atoms with Gasteiger partial charge in [-0.15, -0.1) is 0 Å². The molecule has 0 saturated heterocycles. The molecule has 3 N–H and O–H groups in total. The number of hydrogen-bond donors (Lipinski definition) is 3. The summed E-state index contributed by atoms with van der Waals surface area (Å²) in [6, 6.07) is 3.64. The van der Waals surface area contributed by atoms with Crippen molar-refractivity contribution in [1.82, 2.24) is 16.2 Å². The summed E-state index contributed by atoms with van der Waals surface area (Å²) < 4.78 is 0. The molecular formula is C18H25Cl2N3O3. The Bertz CT molecular complexity index is 685. The molecule has 0 saturated carbocycles. The fraction of sp³-hybridized carbons (Fsp3) is 0.500. The number of halogens is 2. The monoisotopic (exact) mass is 401 g/mol. The first-order valence-corrected chi connectivity index (χ1v) is 9.01. The molecule has 1 rings (SSSR count). The second-order valence-corrected chi connectivity index (χ2v) is 8.44. The second-order valence-electron chi connectivity index (χ2n) is 7.59. The predicted molar refractivity (Wildman–Crippen MR) is 103 cm³/mol. The number of carbonyl (C=O) groups is 3. The van der Waals surface area contributed by atoms with E-state index in [4.69, 9.17) is 23.2 Å². The zero-order valence-corrected chi connectivity index (χ0v) is 17.1. The van der Waals surface area contributed by atoms with Gasteiger partial charge in [0.15, 0.2) is 0 Å². The average molecular weight is 402 g/mol. The highest BCUT2D eigenvalue weighted by Crippen LogP contribution is 2.21. The molecule has 6 nitrogen and oxygen atoms in total. The van der Waals surface area contributed by atoms with Crippen molar-refractivity contribution in [2.75, 3.05) is 0 Å². The van der Waals surface area contributed by atoms with E-state index < -0.39 is 17.9 Å². The van der Waals surface area contributed by atoms with Crippen molar-refractivity contribution >= 4 is 40.9 Å². The van der Waals surface area contributed by atoms with Crippen molar-refractivity contribution in [3.05, 3.63) is 33.8 Å². The SMILES string of the molecule is CC(C)C(NC(=O)c1ccc(Cl)cc1Cl)C(=O)NNC(=O)CC(C)(C)C. The van der Waals surface area contributed by atoms with Crippen molar-refractivity contribution < 1.29 is 14.4 Å². The third-order valence-electron chi connectivity index (χ3n) is 3.43. The molecular weight excluding hydrogens is 377 g/mol. The van der Waals surface area contributed by atoms with Gasteiger partial charge in [0.25, 0.3) is 11.8 Å². The Morgan fingerprint density at radius 3 is 2.19 bits per heavy atom. The number of amides is 3. The van der Waals surface area contributed by atoms with Crippen molar-refractivity contribution in [2.24, 2.45) is 11.3 Å². The normalized spacial score (nSPS) is 12.5. The summed E-state index contributed by atoms with van der Waals surface area (Å²) in [5.41, 5.74) is 4.74. The van der Waals surface area contributed by atoms with Crippen LogP contribution in [0.5, 0.6) is 0 Å². The van der Waals surface area contributed by atoms with Crippen LogP contribution in [0.1, 0.15) is 51.4 Å². The molecule has 26 heavy (non-hydrogen) atoms. The summed E-state index contributed by atoms with van der Waals surface area (Å²) in [4.78, 5) is 36.6. The van der Waals surface area contributed by atoms with E-state index in [0.717, 1.165) is 0 Å². The van der Waals surface area contributed by atoms with Gasteiger partial charge in [0.05, 0.1) is 10.6 Å². The minimum Gasteiger partial charge on any atom is -0.340 e. The van der Waals surface area contributed by atoms with Gasteiger partial charge in [0, 0.05) is 11.4 Å². The van der Waals surface area contributed by atoms with E-state index in [-0.39, 0.29) is 34.2 Å². The smallest absolute Gasteiger partial charge is 0.261 e. The van der Waals surface area contributed by atoms with Crippen LogP contribution in [0.4, 0.5) is 0 Å². The molecule has 0 heterocycles. The lowest BCUT2D eigenvalue weighted by atomic mass is 9.92. The quantitative estimate of drug-likeness (QED) is 0.661. The number of hydrazine groups is 1. The minimum absolute atomic E-state index is 0.191. The first kappa shape index (κ1) is 22.3. The third-order valence-corrected chi connectivity index (χ3v) is 3.98. The Balaban J connectivity index is 2.74. The van der Waals surface area contributed by atoms with Crippen molar-refractivity contribution in [2.45, 2.75) is 47.1 Å². The molecule has 8 heteroatoms. The average Bonchev–Trinajstić information content (AvgIpc) is 2.48. The number of carbonyl (C=O) groups excluding carboxylic acids is 3. The molecule has 0 fully saturated rings. The van der Waals surface area contributed by atoms with Crippen LogP contribution in [0.3, 0.4) is 0 Å². The molecule has 0 aliphatic carbocycles. The molecule has 0 aliphatic heterocycles. The van der Waals surface area contributed by atoms with E-state index in [0.29, 0.717) is 5.02 Å². The number of benzene rings is 1. The maximum atomic E-state index is 12.4. The molecule has 0 bridgehead atoms. The molecule has 3 amide bonds. The first-order chi connectivity index (χ1) is 11.9. The van der Waals surface area contributed by atoms with Crippen LogP contribution < -0.4 is 16.2 Å². The van der Waals surface area contributed by atoms with Crippen LogP contribution >= 0.6 is 23.2 Å². The lowest BCUT2D eigenvalue weighted by Crippen LogP contribution is -2.54. The van der Waals surface area contributed by atoms with Crippen LogP contribution in [0.25, 0.3) is 0 Å². The highest BCUT2D eigenvalue weighted by atomic mass is 35.5. The fourth-order valence-corrected chi connectivity index (χ4v) is 2.66. The molecule has 1 atom stereocenters. The molecule has 0 spiro atoms.